The molecule has 212 valence electrons. The highest BCUT2D eigenvalue weighted by atomic mass is 16.7. The second-order valence-electron chi connectivity index (χ2n) is 12.8. The van der Waals surface area contributed by atoms with Gasteiger partial charge in [0.2, 0.25) is 0 Å². The lowest BCUT2D eigenvalue weighted by Crippen LogP contribution is -2.41. The topological polar surface area (TPSA) is 39.7 Å². The number of anilines is 1. The van der Waals surface area contributed by atoms with Crippen molar-refractivity contribution in [2.45, 2.75) is 44.3 Å². The van der Waals surface area contributed by atoms with Crippen molar-refractivity contribution in [1.82, 2.24) is 0 Å². The van der Waals surface area contributed by atoms with Gasteiger partial charge in [0.1, 0.15) is 11.5 Å². The third kappa shape index (κ3) is 3.59. The summed E-state index contributed by atoms with van der Waals surface area (Å²) in [7, 11) is 1.42. The molecular formula is C38H34BNO3. The minimum atomic E-state index is -0.551. The molecule has 1 saturated heterocycles. The van der Waals surface area contributed by atoms with Gasteiger partial charge in [0.15, 0.2) is 0 Å². The van der Waals surface area contributed by atoms with Gasteiger partial charge in [-0.2, -0.15) is 0 Å². The fraction of sp³-hybridized carbons (Fsp3) is 0.211. The van der Waals surface area contributed by atoms with Crippen molar-refractivity contribution >= 4 is 18.3 Å². The van der Waals surface area contributed by atoms with Gasteiger partial charge in [-0.25, -0.2) is 0 Å². The zero-order valence-electron chi connectivity index (χ0n) is 25.2. The molecule has 0 saturated carbocycles. The number of benzene rings is 5. The van der Waals surface area contributed by atoms with Gasteiger partial charge in [-0.15, -0.1) is 0 Å². The minimum Gasteiger partial charge on any atom is -0.457 e. The molecular weight excluding hydrogens is 529 g/mol. The minimum absolute atomic E-state index is 0.470. The predicted molar refractivity (Wildman–Crippen MR) is 175 cm³/mol. The van der Waals surface area contributed by atoms with Crippen molar-refractivity contribution in [3.8, 4) is 33.8 Å². The van der Waals surface area contributed by atoms with Crippen molar-refractivity contribution in [3.05, 3.63) is 131 Å². The number of nitrogens with one attached hydrogen (secondary N) is 1. The zero-order chi connectivity index (χ0) is 29.6. The standard InChI is InChI=1S/C38H34BNO3/c1-36(2)37(3,4)43-39(42-36)33-23-32-28(22-27(33)24-18-20-25(40-5)21-19-24)26-12-6-7-13-29(26)38(32)30-14-8-10-16-34(30)41-35-17-11-9-15-31(35)38/h6-23,40H,1-5H3. The number of para-hydroxylation sites is 2. The molecule has 0 aromatic heterocycles. The summed E-state index contributed by atoms with van der Waals surface area (Å²) in [6, 6.07) is 39.1. The molecule has 8 rings (SSSR count). The summed E-state index contributed by atoms with van der Waals surface area (Å²) in [5, 5.41) is 3.25. The Morgan fingerprint density at radius 1 is 0.558 bits per heavy atom. The fourth-order valence-corrected chi connectivity index (χ4v) is 7.15. The van der Waals surface area contributed by atoms with Gasteiger partial charge in [-0.05, 0) is 96.9 Å². The molecule has 0 amide bonds. The van der Waals surface area contributed by atoms with E-state index >= 15 is 0 Å². The maximum Gasteiger partial charge on any atom is 0.495 e. The van der Waals surface area contributed by atoms with Gasteiger partial charge < -0.3 is 19.4 Å². The zero-order valence-corrected chi connectivity index (χ0v) is 25.2. The van der Waals surface area contributed by atoms with Crippen LogP contribution in [0, 0.1) is 0 Å². The number of fused-ring (bicyclic) bond motifs is 9. The number of ether oxygens (including phenoxy) is 1. The molecule has 2 aliphatic heterocycles. The Hall–Kier alpha value is -4.32. The van der Waals surface area contributed by atoms with Crippen LogP contribution in [0.2, 0.25) is 0 Å². The highest BCUT2D eigenvalue weighted by Gasteiger charge is 2.55. The lowest BCUT2D eigenvalue weighted by atomic mass is 9.64. The largest absolute Gasteiger partial charge is 0.495 e. The molecule has 0 radical (unpaired) electrons. The van der Waals surface area contributed by atoms with E-state index in [1.54, 1.807) is 0 Å². The fourth-order valence-electron chi connectivity index (χ4n) is 7.15. The molecule has 0 atom stereocenters. The molecule has 0 unspecified atom stereocenters. The van der Waals surface area contributed by atoms with Crippen LogP contribution in [-0.4, -0.2) is 25.4 Å². The Morgan fingerprint density at radius 2 is 1.12 bits per heavy atom. The number of hydrogen-bond acceptors (Lipinski definition) is 4. The number of rotatable bonds is 3. The van der Waals surface area contributed by atoms with Crippen molar-refractivity contribution in [2.75, 3.05) is 12.4 Å². The van der Waals surface area contributed by atoms with Crippen molar-refractivity contribution in [3.63, 3.8) is 0 Å². The van der Waals surface area contributed by atoms with Crippen LogP contribution in [0.1, 0.15) is 49.9 Å². The summed E-state index contributed by atoms with van der Waals surface area (Å²) in [5.74, 6) is 1.76. The average Bonchev–Trinajstić information content (AvgIpc) is 3.42. The summed E-state index contributed by atoms with van der Waals surface area (Å²) in [4.78, 5) is 0. The Kier molecular flexibility index (Phi) is 5.57. The van der Waals surface area contributed by atoms with Gasteiger partial charge in [-0.3, -0.25) is 0 Å². The summed E-state index contributed by atoms with van der Waals surface area (Å²) >= 11 is 0. The second kappa shape index (κ2) is 9.09. The molecule has 5 aromatic carbocycles. The summed E-state index contributed by atoms with van der Waals surface area (Å²) in [6.45, 7) is 8.46. The van der Waals surface area contributed by atoms with Crippen LogP contribution in [0.3, 0.4) is 0 Å². The molecule has 1 aliphatic carbocycles. The molecule has 2 heterocycles. The molecule has 43 heavy (non-hydrogen) atoms. The van der Waals surface area contributed by atoms with Gasteiger partial charge in [-0.1, -0.05) is 78.9 Å². The van der Waals surface area contributed by atoms with Gasteiger partial charge >= 0.3 is 7.12 Å². The smallest absolute Gasteiger partial charge is 0.457 e. The van der Waals surface area contributed by atoms with Crippen LogP contribution in [0.25, 0.3) is 22.3 Å². The maximum atomic E-state index is 6.75. The van der Waals surface area contributed by atoms with Gasteiger partial charge in [0.25, 0.3) is 0 Å². The van der Waals surface area contributed by atoms with Crippen LogP contribution >= 0.6 is 0 Å². The molecule has 3 aliphatic rings. The summed E-state index contributed by atoms with van der Waals surface area (Å²) in [6.07, 6.45) is 0. The highest BCUT2D eigenvalue weighted by Crippen LogP contribution is 2.62. The van der Waals surface area contributed by atoms with Crippen molar-refractivity contribution in [1.29, 1.82) is 0 Å². The highest BCUT2D eigenvalue weighted by molar-refractivity contribution is 6.64. The van der Waals surface area contributed by atoms with Crippen molar-refractivity contribution in [2.24, 2.45) is 0 Å². The summed E-state index contributed by atoms with van der Waals surface area (Å²) in [5.41, 5.74) is 10.1. The lowest BCUT2D eigenvalue weighted by Gasteiger charge is -2.39. The normalized spacial score (nSPS) is 17.9. The Morgan fingerprint density at radius 3 is 1.72 bits per heavy atom. The summed E-state index contributed by atoms with van der Waals surface area (Å²) < 4.78 is 20.0. The van der Waals surface area contributed by atoms with Crippen LogP contribution in [0.15, 0.2) is 109 Å². The first-order valence-corrected chi connectivity index (χ1v) is 15.0. The van der Waals surface area contributed by atoms with E-state index in [2.05, 4.69) is 142 Å². The van der Waals surface area contributed by atoms with E-state index in [0.717, 1.165) is 44.9 Å². The Bertz CT molecular complexity index is 1850. The number of hydrogen-bond donors (Lipinski definition) is 1. The maximum absolute atomic E-state index is 6.75. The van der Waals surface area contributed by atoms with E-state index in [9.17, 15) is 0 Å². The van der Waals surface area contributed by atoms with E-state index in [4.69, 9.17) is 14.0 Å². The first-order chi connectivity index (χ1) is 20.7. The lowest BCUT2D eigenvalue weighted by molar-refractivity contribution is 0.00578. The van der Waals surface area contributed by atoms with Crippen LogP contribution in [-0.2, 0) is 14.7 Å². The first kappa shape index (κ1) is 26.3. The SMILES string of the molecule is CNc1ccc(-c2cc3c(cc2B2OC(C)(C)C(C)(C)O2)C2(c4ccccc4Oc4ccccc42)c2ccccc2-3)cc1. The van der Waals surface area contributed by atoms with E-state index in [0.29, 0.717) is 0 Å². The van der Waals surface area contributed by atoms with E-state index in [-0.39, 0.29) is 0 Å². The monoisotopic (exact) mass is 563 g/mol. The molecule has 1 fully saturated rings. The van der Waals surface area contributed by atoms with E-state index in [1.165, 1.54) is 22.3 Å². The van der Waals surface area contributed by atoms with E-state index in [1.807, 2.05) is 7.05 Å². The Balaban J connectivity index is 1.47. The molecule has 4 nitrogen and oxygen atoms in total. The predicted octanol–water partition coefficient (Wildman–Crippen LogP) is 8.16. The van der Waals surface area contributed by atoms with Crippen molar-refractivity contribution < 1.29 is 14.0 Å². The molecule has 5 aromatic rings. The van der Waals surface area contributed by atoms with E-state index < -0.39 is 23.7 Å². The average molecular weight is 564 g/mol. The van der Waals surface area contributed by atoms with Gasteiger partial charge in [0.05, 0.1) is 16.6 Å². The third-order valence-electron chi connectivity index (χ3n) is 10.0. The van der Waals surface area contributed by atoms with Crippen LogP contribution in [0.4, 0.5) is 5.69 Å². The molecule has 1 N–H and O–H groups in total. The third-order valence-corrected chi connectivity index (χ3v) is 10.0. The first-order valence-electron chi connectivity index (χ1n) is 15.0. The van der Waals surface area contributed by atoms with Crippen LogP contribution < -0.4 is 15.5 Å². The Labute approximate surface area is 253 Å². The molecule has 0 bridgehead atoms. The molecule has 1 spiro atoms. The second-order valence-corrected chi connectivity index (χ2v) is 12.8. The van der Waals surface area contributed by atoms with Crippen LogP contribution in [0.5, 0.6) is 11.5 Å². The molecule has 5 heteroatoms. The van der Waals surface area contributed by atoms with Gasteiger partial charge in [0, 0.05) is 23.9 Å². The quantitative estimate of drug-likeness (QED) is 0.220.